The topological polar surface area (TPSA) is 72.8 Å². The van der Waals surface area contributed by atoms with Crippen LogP contribution in [0.3, 0.4) is 0 Å². The van der Waals surface area contributed by atoms with Crippen LogP contribution in [0, 0.1) is 5.82 Å². The highest BCUT2D eigenvalue weighted by molar-refractivity contribution is 6.09. The molecule has 0 saturated carbocycles. The van der Waals surface area contributed by atoms with Crippen LogP contribution < -0.4 is 4.74 Å². The molecule has 6 heteroatoms. The Morgan fingerprint density at radius 3 is 2.34 bits per heavy atom. The van der Waals surface area contributed by atoms with Crippen LogP contribution in [0.5, 0.6) is 11.5 Å². The van der Waals surface area contributed by atoms with Gasteiger partial charge in [-0.25, -0.2) is 4.39 Å². The second-order valence-corrected chi connectivity index (χ2v) is 7.19. The van der Waals surface area contributed by atoms with E-state index in [0.29, 0.717) is 16.9 Å². The number of hydrogen-bond donors (Lipinski definition) is 1. The first-order valence-electron chi connectivity index (χ1n) is 9.91. The van der Waals surface area contributed by atoms with Gasteiger partial charge >= 0.3 is 5.97 Å². The molecule has 32 heavy (non-hydrogen) atoms. The van der Waals surface area contributed by atoms with Crippen molar-refractivity contribution in [1.29, 1.82) is 0 Å². The number of ether oxygens (including phenoxy) is 2. The zero-order valence-electron chi connectivity index (χ0n) is 18.0. The second-order valence-electron chi connectivity index (χ2n) is 7.19. The maximum Gasteiger partial charge on any atom is 0.312 e. The molecule has 0 bridgehead atoms. The molecule has 0 aliphatic rings. The molecule has 0 fully saturated rings. The van der Waals surface area contributed by atoms with Gasteiger partial charge in [-0.15, -0.1) is 0 Å². The van der Waals surface area contributed by atoms with E-state index in [1.165, 1.54) is 43.5 Å². The quantitative estimate of drug-likeness (QED) is 0.307. The van der Waals surface area contributed by atoms with Crippen molar-refractivity contribution in [1.82, 2.24) is 0 Å². The number of phenolic OH excluding ortho intramolecular Hbond substituents is 1. The summed E-state index contributed by atoms with van der Waals surface area (Å²) >= 11 is 0. The van der Waals surface area contributed by atoms with Crippen molar-refractivity contribution in [3.8, 4) is 22.6 Å². The Morgan fingerprint density at radius 2 is 1.72 bits per heavy atom. The Morgan fingerprint density at radius 1 is 1.00 bits per heavy atom. The highest BCUT2D eigenvalue weighted by Gasteiger charge is 2.18. The number of aromatic hydroxyl groups is 1. The fourth-order valence-electron chi connectivity index (χ4n) is 3.23. The maximum atomic E-state index is 14.8. The summed E-state index contributed by atoms with van der Waals surface area (Å²) in [6.45, 7) is 1.63. The molecule has 0 amide bonds. The number of methoxy groups -OCH3 is 2. The molecule has 1 unspecified atom stereocenters. The third-order valence-electron chi connectivity index (χ3n) is 5.16. The van der Waals surface area contributed by atoms with Crippen LogP contribution in [0.2, 0.25) is 0 Å². The number of hydrogen-bond acceptors (Lipinski definition) is 5. The Labute approximate surface area is 185 Å². The largest absolute Gasteiger partial charge is 0.507 e. The molecule has 0 spiro atoms. The highest BCUT2D eigenvalue weighted by Crippen LogP contribution is 2.30. The minimum absolute atomic E-state index is 0.0543. The fraction of sp³-hybridized carbons (Fsp3) is 0.154. The number of halogens is 1. The van der Waals surface area contributed by atoms with Gasteiger partial charge in [-0.3, -0.25) is 9.59 Å². The van der Waals surface area contributed by atoms with Crippen LogP contribution in [0.4, 0.5) is 4.39 Å². The van der Waals surface area contributed by atoms with Gasteiger partial charge in [0.1, 0.15) is 17.3 Å². The second kappa shape index (κ2) is 9.92. The summed E-state index contributed by atoms with van der Waals surface area (Å²) in [6, 6.07) is 15.9. The van der Waals surface area contributed by atoms with Crippen molar-refractivity contribution in [3.63, 3.8) is 0 Å². The summed E-state index contributed by atoms with van der Waals surface area (Å²) in [7, 11) is 2.85. The molecule has 0 aromatic heterocycles. The zero-order chi connectivity index (χ0) is 23.3. The normalized spacial score (nSPS) is 11.9. The van der Waals surface area contributed by atoms with E-state index >= 15 is 0 Å². The summed E-state index contributed by atoms with van der Waals surface area (Å²) < 4.78 is 24.6. The SMILES string of the molecule is COC(=O)C(C)c1ccc(-c2ccc(O)c(C(=O)/C=C/c3ccc(OC)cc3)c2)c(F)c1. The van der Waals surface area contributed by atoms with Gasteiger partial charge in [0.15, 0.2) is 5.78 Å². The third kappa shape index (κ3) is 5.03. The van der Waals surface area contributed by atoms with E-state index in [0.717, 1.165) is 5.56 Å². The maximum absolute atomic E-state index is 14.8. The molecular weight excluding hydrogens is 411 g/mol. The average molecular weight is 434 g/mol. The number of phenols is 1. The van der Waals surface area contributed by atoms with Crippen molar-refractivity contribution in [2.24, 2.45) is 0 Å². The van der Waals surface area contributed by atoms with Crippen molar-refractivity contribution in [2.75, 3.05) is 14.2 Å². The van der Waals surface area contributed by atoms with Gasteiger partial charge in [-0.05, 0) is 60.0 Å². The van der Waals surface area contributed by atoms with Crippen LogP contribution in [-0.4, -0.2) is 31.1 Å². The van der Waals surface area contributed by atoms with Gasteiger partial charge < -0.3 is 14.6 Å². The first-order chi connectivity index (χ1) is 15.3. The molecule has 0 aliphatic heterocycles. The number of rotatable bonds is 7. The molecule has 1 N–H and O–H groups in total. The molecule has 0 heterocycles. The predicted octanol–water partition coefficient (Wildman–Crippen LogP) is 5.38. The number of carbonyl (C=O) groups is 2. The monoisotopic (exact) mass is 434 g/mol. The van der Waals surface area contributed by atoms with Crippen LogP contribution in [-0.2, 0) is 9.53 Å². The first-order valence-corrected chi connectivity index (χ1v) is 9.91. The third-order valence-corrected chi connectivity index (χ3v) is 5.16. The minimum Gasteiger partial charge on any atom is -0.507 e. The van der Waals surface area contributed by atoms with Crippen molar-refractivity contribution < 1.29 is 28.6 Å². The smallest absolute Gasteiger partial charge is 0.312 e. The van der Waals surface area contributed by atoms with E-state index in [1.807, 2.05) is 0 Å². The van der Waals surface area contributed by atoms with E-state index in [2.05, 4.69) is 0 Å². The number of esters is 1. The molecule has 5 nitrogen and oxygen atoms in total. The molecule has 3 aromatic carbocycles. The summed E-state index contributed by atoms with van der Waals surface area (Å²) in [5.41, 5.74) is 2.00. The van der Waals surface area contributed by atoms with E-state index in [-0.39, 0.29) is 16.9 Å². The Hall–Kier alpha value is -3.93. The van der Waals surface area contributed by atoms with E-state index in [9.17, 15) is 19.1 Å². The summed E-state index contributed by atoms with van der Waals surface area (Å²) in [4.78, 5) is 24.4. The Bertz CT molecular complexity index is 1170. The van der Waals surface area contributed by atoms with Gasteiger partial charge in [0.2, 0.25) is 0 Å². The molecule has 0 saturated heterocycles. The van der Waals surface area contributed by atoms with E-state index in [4.69, 9.17) is 9.47 Å². The van der Waals surface area contributed by atoms with Gasteiger partial charge in [-0.1, -0.05) is 36.4 Å². The van der Waals surface area contributed by atoms with Crippen molar-refractivity contribution in [3.05, 3.63) is 89.2 Å². The fourth-order valence-corrected chi connectivity index (χ4v) is 3.23. The van der Waals surface area contributed by atoms with Gasteiger partial charge in [0, 0.05) is 5.56 Å². The molecule has 164 valence electrons. The summed E-state index contributed by atoms with van der Waals surface area (Å²) in [5, 5.41) is 10.2. The van der Waals surface area contributed by atoms with Crippen molar-refractivity contribution in [2.45, 2.75) is 12.8 Å². The minimum atomic E-state index is -0.608. The molecule has 1 atom stereocenters. The molecule has 3 aromatic rings. The van der Waals surface area contributed by atoms with E-state index < -0.39 is 23.5 Å². The molecular formula is C26H23FO5. The number of allylic oxidation sites excluding steroid dienone is 1. The number of ketones is 1. The van der Waals surface area contributed by atoms with Crippen LogP contribution in [0.1, 0.15) is 34.3 Å². The van der Waals surface area contributed by atoms with E-state index in [1.54, 1.807) is 50.4 Å². The van der Waals surface area contributed by atoms with Gasteiger partial charge in [-0.2, -0.15) is 0 Å². The first kappa shape index (κ1) is 22.7. The predicted molar refractivity (Wildman–Crippen MR) is 120 cm³/mol. The van der Waals surface area contributed by atoms with Crippen LogP contribution in [0.25, 0.3) is 17.2 Å². The lowest BCUT2D eigenvalue weighted by Crippen LogP contribution is -2.11. The standard InChI is InChI=1S/C26H23FO5/c1-16(26(30)32-3)18-7-11-21(23(27)15-18)19-8-13-25(29)22(14-19)24(28)12-6-17-4-9-20(31-2)10-5-17/h4-16,29H,1-3H3/b12-6+. The summed E-state index contributed by atoms with van der Waals surface area (Å²) in [5.74, 6) is -1.53. The average Bonchev–Trinajstić information content (AvgIpc) is 2.82. The lowest BCUT2D eigenvalue weighted by atomic mass is 9.95. The van der Waals surface area contributed by atoms with Crippen LogP contribution >= 0.6 is 0 Å². The van der Waals surface area contributed by atoms with Crippen molar-refractivity contribution >= 4 is 17.8 Å². The van der Waals surface area contributed by atoms with Gasteiger partial charge in [0.25, 0.3) is 0 Å². The summed E-state index contributed by atoms with van der Waals surface area (Å²) in [6.07, 6.45) is 2.97. The van der Waals surface area contributed by atoms with Gasteiger partial charge in [0.05, 0.1) is 25.7 Å². The van der Waals surface area contributed by atoms with Crippen LogP contribution in [0.15, 0.2) is 66.7 Å². The zero-order valence-corrected chi connectivity index (χ0v) is 18.0. The number of carbonyl (C=O) groups excluding carboxylic acids is 2. The molecule has 0 aliphatic carbocycles. The highest BCUT2D eigenvalue weighted by atomic mass is 19.1. The lowest BCUT2D eigenvalue weighted by molar-refractivity contribution is -0.142. The Balaban J connectivity index is 1.87. The lowest BCUT2D eigenvalue weighted by Gasteiger charge is -2.12. The Kier molecular flexibility index (Phi) is 7.05. The molecule has 0 radical (unpaired) electrons. The molecule has 3 rings (SSSR count). The number of benzene rings is 3.